The van der Waals surface area contributed by atoms with E-state index in [0.717, 1.165) is 6.20 Å². The van der Waals surface area contributed by atoms with Crippen LogP contribution in [0, 0.1) is 11.6 Å². The number of hydrogen-bond acceptors (Lipinski definition) is 4. The fourth-order valence-electron chi connectivity index (χ4n) is 2.08. The van der Waals surface area contributed by atoms with Gasteiger partial charge in [0.05, 0.1) is 17.6 Å². The van der Waals surface area contributed by atoms with Gasteiger partial charge in [-0.3, -0.25) is 4.68 Å². The third-order valence-corrected chi connectivity index (χ3v) is 3.23. The summed E-state index contributed by atoms with van der Waals surface area (Å²) in [6.45, 7) is 0.172. The molecule has 0 aliphatic heterocycles. The van der Waals surface area contributed by atoms with E-state index in [1.807, 2.05) is 0 Å². The van der Waals surface area contributed by atoms with Crippen LogP contribution < -0.4 is 4.74 Å². The molecule has 0 amide bonds. The molecule has 3 aromatic rings. The van der Waals surface area contributed by atoms with Gasteiger partial charge in [0.15, 0.2) is 5.82 Å². The molecule has 0 N–H and O–H groups in total. The normalized spacial score (nSPS) is 10.7. The summed E-state index contributed by atoms with van der Waals surface area (Å²) >= 11 is 0. The molecule has 0 aliphatic carbocycles. The molecular formula is C16H14F2N4O. The molecule has 0 atom stereocenters. The van der Waals surface area contributed by atoms with E-state index in [9.17, 15) is 8.78 Å². The maximum Gasteiger partial charge on any atom is 0.317 e. The van der Waals surface area contributed by atoms with Crippen molar-refractivity contribution in [3.8, 4) is 6.01 Å². The van der Waals surface area contributed by atoms with Gasteiger partial charge in [0.1, 0.15) is 12.4 Å². The molecule has 1 aromatic carbocycles. The number of benzene rings is 1. The zero-order chi connectivity index (χ0) is 16.2. The van der Waals surface area contributed by atoms with Crippen molar-refractivity contribution < 1.29 is 13.5 Å². The van der Waals surface area contributed by atoms with Crippen LogP contribution in [0.5, 0.6) is 6.01 Å². The Balaban J connectivity index is 1.75. The third-order valence-electron chi connectivity index (χ3n) is 3.23. The fraction of sp³-hybridized carbons (Fsp3) is 0.188. The van der Waals surface area contributed by atoms with Gasteiger partial charge < -0.3 is 4.74 Å². The van der Waals surface area contributed by atoms with Crippen molar-refractivity contribution in [1.82, 2.24) is 19.7 Å². The van der Waals surface area contributed by atoms with Crippen molar-refractivity contribution >= 4 is 0 Å². The molecule has 118 valence electrons. The molecule has 3 rings (SSSR count). The lowest BCUT2D eigenvalue weighted by molar-refractivity contribution is 0.272. The highest BCUT2D eigenvalue weighted by Crippen LogP contribution is 2.16. The average Bonchev–Trinajstić information content (AvgIpc) is 2.96. The number of aromatic nitrogens is 4. The number of hydrogen-bond donors (Lipinski definition) is 0. The second kappa shape index (κ2) is 6.51. The molecule has 0 aliphatic rings. The lowest BCUT2D eigenvalue weighted by Gasteiger charge is -2.07. The first-order valence-corrected chi connectivity index (χ1v) is 6.98. The van der Waals surface area contributed by atoms with Gasteiger partial charge in [-0.15, -0.1) is 0 Å². The van der Waals surface area contributed by atoms with Gasteiger partial charge in [-0.25, -0.2) is 13.8 Å². The van der Waals surface area contributed by atoms with Crippen LogP contribution in [-0.4, -0.2) is 19.7 Å². The summed E-state index contributed by atoms with van der Waals surface area (Å²) in [6, 6.07) is 8.01. The summed E-state index contributed by atoms with van der Waals surface area (Å²) in [5, 5.41) is 4.16. The van der Waals surface area contributed by atoms with Crippen molar-refractivity contribution in [2.24, 2.45) is 7.05 Å². The number of aryl methyl sites for hydroxylation is 1. The smallest absolute Gasteiger partial charge is 0.317 e. The Kier molecular flexibility index (Phi) is 4.27. The molecule has 0 spiro atoms. The monoisotopic (exact) mass is 316 g/mol. The molecule has 0 radical (unpaired) electrons. The summed E-state index contributed by atoms with van der Waals surface area (Å²) in [7, 11) is 1.80. The van der Waals surface area contributed by atoms with Crippen molar-refractivity contribution in [1.29, 1.82) is 0 Å². The Morgan fingerprint density at radius 1 is 1.13 bits per heavy atom. The molecular weight excluding hydrogens is 302 g/mol. The summed E-state index contributed by atoms with van der Waals surface area (Å²) < 4.78 is 34.6. The average molecular weight is 316 g/mol. The molecule has 2 heterocycles. The van der Waals surface area contributed by atoms with E-state index < -0.39 is 11.6 Å². The van der Waals surface area contributed by atoms with Crippen LogP contribution in [0.25, 0.3) is 0 Å². The highest BCUT2D eigenvalue weighted by Gasteiger charge is 2.11. The Labute approximate surface area is 131 Å². The fourth-order valence-corrected chi connectivity index (χ4v) is 2.08. The first-order valence-electron chi connectivity index (χ1n) is 6.98. The van der Waals surface area contributed by atoms with E-state index >= 15 is 0 Å². The van der Waals surface area contributed by atoms with Crippen LogP contribution in [0.15, 0.2) is 42.7 Å². The van der Waals surface area contributed by atoms with E-state index in [2.05, 4.69) is 15.1 Å². The Hall–Kier alpha value is -2.83. The van der Waals surface area contributed by atoms with Gasteiger partial charge in [-0.1, -0.05) is 18.2 Å². The van der Waals surface area contributed by atoms with Gasteiger partial charge >= 0.3 is 6.01 Å². The maximum absolute atomic E-state index is 13.8. The maximum atomic E-state index is 13.8. The summed E-state index contributed by atoms with van der Waals surface area (Å²) in [4.78, 5) is 7.81. The molecule has 7 heteroatoms. The predicted octanol–water partition coefficient (Wildman–Crippen LogP) is 2.66. The number of nitrogens with zero attached hydrogens (tertiary/aromatic N) is 4. The topological polar surface area (TPSA) is 52.8 Å². The van der Waals surface area contributed by atoms with E-state index in [0.29, 0.717) is 11.3 Å². The Bertz CT molecular complexity index is 819. The minimum absolute atomic E-state index is 0.0287. The number of ether oxygens (including phenoxy) is 1. The quantitative estimate of drug-likeness (QED) is 0.726. The van der Waals surface area contributed by atoms with Crippen molar-refractivity contribution in [3.05, 3.63) is 71.3 Å². The highest BCUT2D eigenvalue weighted by molar-refractivity contribution is 5.24. The summed E-state index contributed by atoms with van der Waals surface area (Å²) in [5.74, 6) is -1.00. The zero-order valence-electron chi connectivity index (χ0n) is 12.4. The van der Waals surface area contributed by atoms with E-state index in [-0.39, 0.29) is 24.7 Å². The van der Waals surface area contributed by atoms with Crippen LogP contribution in [0.2, 0.25) is 0 Å². The van der Waals surface area contributed by atoms with E-state index in [1.165, 1.54) is 6.07 Å². The van der Waals surface area contributed by atoms with Gasteiger partial charge in [0.2, 0.25) is 0 Å². The lowest BCUT2D eigenvalue weighted by Crippen LogP contribution is -2.05. The van der Waals surface area contributed by atoms with Gasteiger partial charge in [-0.2, -0.15) is 10.1 Å². The standard InChI is InChI=1S/C16H14F2N4O/c1-22-7-6-12(21-22)10-23-16-19-9-14(18)15(20-16)8-11-4-2-3-5-13(11)17/h2-7,9H,8,10H2,1H3. The van der Waals surface area contributed by atoms with Crippen molar-refractivity contribution in [2.75, 3.05) is 0 Å². The van der Waals surface area contributed by atoms with Crippen LogP contribution >= 0.6 is 0 Å². The Morgan fingerprint density at radius 2 is 1.96 bits per heavy atom. The number of halogens is 2. The minimum Gasteiger partial charge on any atom is -0.457 e. The number of rotatable bonds is 5. The molecule has 0 bridgehead atoms. The molecule has 0 fully saturated rings. The van der Waals surface area contributed by atoms with Crippen LogP contribution in [0.1, 0.15) is 17.0 Å². The first kappa shape index (κ1) is 15.1. The van der Waals surface area contributed by atoms with Crippen LogP contribution in [-0.2, 0) is 20.1 Å². The third kappa shape index (κ3) is 3.68. The molecule has 5 nitrogen and oxygen atoms in total. The molecule has 0 unspecified atom stereocenters. The highest BCUT2D eigenvalue weighted by atomic mass is 19.1. The second-order valence-corrected chi connectivity index (χ2v) is 4.98. The minimum atomic E-state index is -0.599. The first-order chi connectivity index (χ1) is 11.1. The summed E-state index contributed by atoms with van der Waals surface area (Å²) in [5.41, 5.74) is 1.15. The lowest BCUT2D eigenvalue weighted by atomic mass is 10.1. The van der Waals surface area contributed by atoms with Gasteiger partial charge in [-0.05, 0) is 17.7 Å². The van der Waals surface area contributed by atoms with Crippen LogP contribution in [0.3, 0.4) is 0 Å². The largest absolute Gasteiger partial charge is 0.457 e. The van der Waals surface area contributed by atoms with Gasteiger partial charge in [0.25, 0.3) is 0 Å². The summed E-state index contributed by atoms with van der Waals surface area (Å²) in [6.07, 6.45) is 2.84. The van der Waals surface area contributed by atoms with Crippen molar-refractivity contribution in [2.45, 2.75) is 13.0 Å². The second-order valence-electron chi connectivity index (χ2n) is 4.98. The molecule has 23 heavy (non-hydrogen) atoms. The Morgan fingerprint density at radius 3 is 2.70 bits per heavy atom. The zero-order valence-corrected chi connectivity index (χ0v) is 12.4. The molecule has 0 saturated heterocycles. The van der Waals surface area contributed by atoms with E-state index in [1.54, 1.807) is 42.2 Å². The molecule has 0 saturated carbocycles. The van der Waals surface area contributed by atoms with Crippen LogP contribution in [0.4, 0.5) is 8.78 Å². The van der Waals surface area contributed by atoms with Crippen molar-refractivity contribution in [3.63, 3.8) is 0 Å². The van der Waals surface area contributed by atoms with Gasteiger partial charge in [0, 0.05) is 19.7 Å². The SMILES string of the molecule is Cn1ccc(COc2ncc(F)c(Cc3ccccc3F)n2)n1. The van der Waals surface area contributed by atoms with E-state index in [4.69, 9.17) is 4.74 Å². The molecule has 2 aromatic heterocycles. The predicted molar refractivity (Wildman–Crippen MR) is 78.7 cm³/mol.